The second-order valence-corrected chi connectivity index (χ2v) is 5.14. The van der Waals surface area contributed by atoms with Gasteiger partial charge < -0.3 is 4.57 Å². The van der Waals surface area contributed by atoms with Crippen LogP contribution < -0.4 is 0 Å². The third kappa shape index (κ3) is 1.26. The standard InChI is InChI=1S/C11H11IN2/c1-7-4-11-10(5-9(7)12)13-6-14(11)8-2-3-8/h4-6,8H,2-3H2,1H3. The number of aromatic nitrogens is 2. The Morgan fingerprint density at radius 3 is 2.93 bits per heavy atom. The first kappa shape index (κ1) is 8.71. The molecule has 3 heteroatoms. The lowest BCUT2D eigenvalue weighted by Crippen LogP contribution is -1.91. The molecule has 0 saturated heterocycles. The summed E-state index contributed by atoms with van der Waals surface area (Å²) in [4.78, 5) is 4.44. The Morgan fingerprint density at radius 2 is 2.21 bits per heavy atom. The minimum absolute atomic E-state index is 0.722. The molecule has 0 aliphatic heterocycles. The third-order valence-corrected chi connectivity index (χ3v) is 3.96. The Labute approximate surface area is 96.5 Å². The largest absolute Gasteiger partial charge is 0.327 e. The molecule has 0 N–H and O–H groups in total. The number of aryl methyl sites for hydroxylation is 1. The van der Waals surface area contributed by atoms with Crippen molar-refractivity contribution in [2.24, 2.45) is 0 Å². The van der Waals surface area contributed by atoms with Crippen LogP contribution in [0.15, 0.2) is 18.5 Å². The van der Waals surface area contributed by atoms with E-state index in [-0.39, 0.29) is 0 Å². The SMILES string of the molecule is Cc1cc2c(cc1I)ncn2C1CC1. The lowest BCUT2D eigenvalue weighted by Gasteiger charge is -2.02. The molecule has 72 valence electrons. The second kappa shape index (κ2) is 2.95. The van der Waals surface area contributed by atoms with Crippen molar-refractivity contribution in [2.45, 2.75) is 25.8 Å². The van der Waals surface area contributed by atoms with Gasteiger partial charge in [-0.15, -0.1) is 0 Å². The van der Waals surface area contributed by atoms with Gasteiger partial charge in [-0.05, 0) is 60.1 Å². The summed E-state index contributed by atoms with van der Waals surface area (Å²) in [5.41, 5.74) is 3.78. The molecule has 1 aromatic heterocycles. The van der Waals surface area contributed by atoms with Crippen molar-refractivity contribution in [3.8, 4) is 0 Å². The minimum Gasteiger partial charge on any atom is -0.327 e. The van der Waals surface area contributed by atoms with Crippen LogP contribution in [-0.4, -0.2) is 9.55 Å². The first-order chi connectivity index (χ1) is 6.75. The van der Waals surface area contributed by atoms with Gasteiger partial charge in [0.05, 0.1) is 17.4 Å². The lowest BCUT2D eigenvalue weighted by molar-refractivity contribution is 0.765. The summed E-state index contributed by atoms with van der Waals surface area (Å²) in [5.74, 6) is 0. The number of rotatable bonds is 1. The summed E-state index contributed by atoms with van der Waals surface area (Å²) >= 11 is 2.37. The second-order valence-electron chi connectivity index (χ2n) is 3.97. The molecule has 3 rings (SSSR count). The van der Waals surface area contributed by atoms with Crippen molar-refractivity contribution in [1.29, 1.82) is 0 Å². The molecule has 0 unspecified atom stereocenters. The molecule has 1 aliphatic carbocycles. The molecule has 1 fully saturated rings. The summed E-state index contributed by atoms with van der Waals surface area (Å²) in [6, 6.07) is 5.14. The number of halogens is 1. The van der Waals surface area contributed by atoms with E-state index in [1.54, 1.807) is 0 Å². The van der Waals surface area contributed by atoms with E-state index in [1.807, 2.05) is 6.33 Å². The normalized spacial score (nSPS) is 16.4. The van der Waals surface area contributed by atoms with Crippen molar-refractivity contribution in [1.82, 2.24) is 9.55 Å². The summed E-state index contributed by atoms with van der Waals surface area (Å²) < 4.78 is 3.62. The predicted octanol–water partition coefficient (Wildman–Crippen LogP) is 3.28. The summed E-state index contributed by atoms with van der Waals surface area (Å²) in [5, 5.41) is 0. The maximum atomic E-state index is 4.44. The quantitative estimate of drug-likeness (QED) is 0.739. The van der Waals surface area contributed by atoms with E-state index in [4.69, 9.17) is 0 Å². The number of fused-ring (bicyclic) bond motifs is 1. The Hall–Kier alpha value is -0.580. The van der Waals surface area contributed by atoms with Crippen LogP contribution in [0, 0.1) is 10.5 Å². The van der Waals surface area contributed by atoms with Crippen LogP contribution in [0.1, 0.15) is 24.4 Å². The van der Waals surface area contributed by atoms with E-state index in [9.17, 15) is 0 Å². The Kier molecular flexibility index (Phi) is 1.84. The van der Waals surface area contributed by atoms with E-state index in [0.29, 0.717) is 0 Å². The number of hydrogen-bond donors (Lipinski definition) is 0. The topological polar surface area (TPSA) is 17.8 Å². The highest BCUT2D eigenvalue weighted by molar-refractivity contribution is 14.1. The smallest absolute Gasteiger partial charge is 0.0960 e. The van der Waals surface area contributed by atoms with Gasteiger partial charge in [-0.1, -0.05) is 0 Å². The van der Waals surface area contributed by atoms with Gasteiger partial charge in [-0.3, -0.25) is 0 Å². The fourth-order valence-electron chi connectivity index (χ4n) is 1.80. The fraction of sp³-hybridized carbons (Fsp3) is 0.364. The molecular formula is C11H11IN2. The molecule has 0 radical (unpaired) electrons. The van der Waals surface area contributed by atoms with E-state index < -0.39 is 0 Å². The van der Waals surface area contributed by atoms with Gasteiger partial charge in [0.1, 0.15) is 0 Å². The average molecular weight is 298 g/mol. The first-order valence-electron chi connectivity index (χ1n) is 4.88. The molecule has 2 aromatic rings. The zero-order chi connectivity index (χ0) is 9.71. The maximum Gasteiger partial charge on any atom is 0.0960 e. The molecule has 1 heterocycles. The highest BCUT2D eigenvalue weighted by Gasteiger charge is 2.24. The van der Waals surface area contributed by atoms with E-state index in [1.165, 1.54) is 27.5 Å². The van der Waals surface area contributed by atoms with Crippen molar-refractivity contribution in [3.05, 3.63) is 27.6 Å². The molecule has 1 aliphatic rings. The van der Waals surface area contributed by atoms with Gasteiger partial charge in [-0.25, -0.2) is 4.98 Å². The molecule has 14 heavy (non-hydrogen) atoms. The number of benzene rings is 1. The van der Waals surface area contributed by atoms with Gasteiger partial charge in [0, 0.05) is 9.61 Å². The predicted molar refractivity (Wildman–Crippen MR) is 65.5 cm³/mol. The van der Waals surface area contributed by atoms with Crippen molar-refractivity contribution in [2.75, 3.05) is 0 Å². The summed E-state index contributed by atoms with van der Waals surface area (Å²) in [6.07, 6.45) is 4.62. The van der Waals surface area contributed by atoms with E-state index in [0.717, 1.165) is 11.6 Å². The zero-order valence-electron chi connectivity index (χ0n) is 8.00. The Morgan fingerprint density at radius 1 is 1.43 bits per heavy atom. The Bertz CT molecular complexity index is 497. The molecule has 0 spiro atoms. The van der Waals surface area contributed by atoms with Crippen molar-refractivity contribution in [3.63, 3.8) is 0 Å². The van der Waals surface area contributed by atoms with Gasteiger partial charge in [-0.2, -0.15) is 0 Å². The van der Waals surface area contributed by atoms with Gasteiger partial charge in [0.2, 0.25) is 0 Å². The first-order valence-corrected chi connectivity index (χ1v) is 5.96. The number of hydrogen-bond acceptors (Lipinski definition) is 1. The summed E-state index contributed by atoms with van der Waals surface area (Å²) in [6.45, 7) is 2.16. The molecule has 1 aromatic carbocycles. The van der Waals surface area contributed by atoms with Crippen molar-refractivity contribution < 1.29 is 0 Å². The Balaban J connectivity index is 2.29. The van der Waals surface area contributed by atoms with Crippen LogP contribution >= 0.6 is 22.6 Å². The van der Waals surface area contributed by atoms with Crippen LogP contribution in [-0.2, 0) is 0 Å². The highest BCUT2D eigenvalue weighted by atomic mass is 127. The average Bonchev–Trinajstić information content (AvgIpc) is 2.91. The molecule has 0 atom stereocenters. The molecule has 1 saturated carbocycles. The lowest BCUT2D eigenvalue weighted by atomic mass is 10.2. The third-order valence-electron chi connectivity index (χ3n) is 2.80. The number of nitrogens with zero attached hydrogens (tertiary/aromatic N) is 2. The van der Waals surface area contributed by atoms with Crippen LogP contribution in [0.2, 0.25) is 0 Å². The van der Waals surface area contributed by atoms with Gasteiger partial charge in [0.25, 0.3) is 0 Å². The van der Waals surface area contributed by atoms with Gasteiger partial charge in [0.15, 0.2) is 0 Å². The minimum atomic E-state index is 0.722. The van der Waals surface area contributed by atoms with E-state index in [2.05, 4.69) is 51.2 Å². The van der Waals surface area contributed by atoms with Crippen LogP contribution in [0.4, 0.5) is 0 Å². The van der Waals surface area contributed by atoms with Crippen molar-refractivity contribution >= 4 is 33.6 Å². The van der Waals surface area contributed by atoms with E-state index >= 15 is 0 Å². The molecule has 0 amide bonds. The molecule has 2 nitrogen and oxygen atoms in total. The molecular weight excluding hydrogens is 287 g/mol. The van der Waals surface area contributed by atoms with Crippen LogP contribution in [0.5, 0.6) is 0 Å². The van der Waals surface area contributed by atoms with Crippen LogP contribution in [0.25, 0.3) is 11.0 Å². The summed E-state index contributed by atoms with van der Waals surface area (Å²) in [7, 11) is 0. The van der Waals surface area contributed by atoms with Gasteiger partial charge >= 0.3 is 0 Å². The highest BCUT2D eigenvalue weighted by Crippen LogP contribution is 2.37. The number of imidazole rings is 1. The monoisotopic (exact) mass is 298 g/mol. The molecule has 0 bridgehead atoms. The zero-order valence-corrected chi connectivity index (χ0v) is 10.2. The van der Waals surface area contributed by atoms with Crippen LogP contribution in [0.3, 0.4) is 0 Å². The fourth-order valence-corrected chi connectivity index (χ4v) is 2.25. The maximum absolute atomic E-state index is 4.44.